The van der Waals surface area contributed by atoms with Gasteiger partial charge in [0.1, 0.15) is 22.7 Å². The standard InChI is InChI=1S/C29H26FN7S/c1-17-5-6-25(38-17)28-27-23(7-8-32-28)33-29(34-27)26-21-12-20(22(30)13-24(21)35-36-26)19-11-18(14-31-15-19)16-37-9-3-2-4-10-37/h5-8,11-15H,2-4,9-10,16H2,1H3,(H,33,34)(H,35,36). The van der Waals surface area contributed by atoms with Crippen LogP contribution in [0.25, 0.3) is 55.2 Å². The van der Waals surface area contributed by atoms with Crippen LogP contribution in [0.2, 0.25) is 0 Å². The van der Waals surface area contributed by atoms with Gasteiger partial charge in [0.2, 0.25) is 0 Å². The fraction of sp³-hybridized carbons (Fsp3) is 0.241. The van der Waals surface area contributed by atoms with Crippen molar-refractivity contribution in [2.24, 2.45) is 0 Å². The molecule has 6 aromatic rings. The normalized spacial score (nSPS) is 14.6. The maximum Gasteiger partial charge on any atom is 0.159 e. The van der Waals surface area contributed by atoms with Crippen LogP contribution in [-0.2, 0) is 6.54 Å². The zero-order valence-corrected chi connectivity index (χ0v) is 21.8. The third-order valence-electron chi connectivity index (χ3n) is 7.21. The first-order chi connectivity index (χ1) is 18.6. The van der Waals surface area contributed by atoms with Crippen molar-refractivity contribution in [2.75, 3.05) is 13.1 Å². The second-order valence-electron chi connectivity index (χ2n) is 9.92. The van der Waals surface area contributed by atoms with Gasteiger partial charge in [0.15, 0.2) is 5.82 Å². The van der Waals surface area contributed by atoms with E-state index in [1.807, 2.05) is 24.4 Å². The summed E-state index contributed by atoms with van der Waals surface area (Å²) in [5.74, 6) is 0.303. The maximum absolute atomic E-state index is 15.3. The lowest BCUT2D eigenvalue weighted by Crippen LogP contribution is -2.29. The van der Waals surface area contributed by atoms with Crippen molar-refractivity contribution in [1.29, 1.82) is 0 Å². The number of hydrogen-bond acceptors (Lipinski definition) is 6. The van der Waals surface area contributed by atoms with Crippen LogP contribution in [0.15, 0.2) is 55.0 Å². The first kappa shape index (κ1) is 23.2. The summed E-state index contributed by atoms with van der Waals surface area (Å²) in [7, 11) is 0. The summed E-state index contributed by atoms with van der Waals surface area (Å²) in [6, 6.07) is 11.5. The molecule has 1 aliphatic rings. The van der Waals surface area contributed by atoms with Gasteiger partial charge in [-0.15, -0.1) is 11.3 Å². The summed E-state index contributed by atoms with van der Waals surface area (Å²) >= 11 is 1.69. The summed E-state index contributed by atoms with van der Waals surface area (Å²) in [6.07, 6.45) is 9.15. The van der Waals surface area contributed by atoms with Crippen LogP contribution in [0.4, 0.5) is 4.39 Å². The van der Waals surface area contributed by atoms with Gasteiger partial charge < -0.3 is 4.98 Å². The highest BCUT2D eigenvalue weighted by Gasteiger charge is 2.19. The lowest BCUT2D eigenvalue weighted by Gasteiger charge is -2.26. The number of H-pyrrole nitrogens is 2. The fourth-order valence-electron chi connectivity index (χ4n) is 5.33. The number of aromatic nitrogens is 6. The molecule has 7 nitrogen and oxygen atoms in total. The molecule has 0 radical (unpaired) electrons. The molecule has 0 amide bonds. The molecule has 190 valence electrons. The van der Waals surface area contributed by atoms with Gasteiger partial charge >= 0.3 is 0 Å². The minimum absolute atomic E-state index is 0.311. The van der Waals surface area contributed by atoms with Crippen LogP contribution in [-0.4, -0.2) is 48.1 Å². The van der Waals surface area contributed by atoms with Crippen molar-refractivity contribution >= 4 is 33.3 Å². The molecule has 1 aliphatic heterocycles. The number of halogens is 1. The van der Waals surface area contributed by atoms with Crippen LogP contribution >= 0.6 is 11.3 Å². The van der Waals surface area contributed by atoms with Crippen molar-refractivity contribution in [2.45, 2.75) is 32.7 Å². The molecule has 0 bridgehead atoms. The average molecular weight is 524 g/mol. The Balaban J connectivity index is 1.28. The van der Waals surface area contributed by atoms with Crippen molar-refractivity contribution in [3.63, 3.8) is 0 Å². The molecule has 9 heteroatoms. The number of fused-ring (bicyclic) bond motifs is 2. The number of nitrogens with one attached hydrogen (secondary N) is 2. The molecule has 0 spiro atoms. The number of rotatable bonds is 5. The molecule has 0 saturated carbocycles. The predicted octanol–water partition coefficient (Wildman–Crippen LogP) is 6.73. The SMILES string of the molecule is Cc1ccc(-c2nccc3[nH]c(-c4n[nH]c5cc(F)c(-c6cncc(CN7CCCCC7)c6)cc45)nc23)s1. The van der Waals surface area contributed by atoms with Gasteiger partial charge in [-0.25, -0.2) is 9.37 Å². The molecule has 1 aromatic carbocycles. The Labute approximate surface area is 222 Å². The fourth-order valence-corrected chi connectivity index (χ4v) is 6.19. The van der Waals surface area contributed by atoms with Crippen LogP contribution < -0.4 is 0 Å². The van der Waals surface area contributed by atoms with E-state index >= 15 is 4.39 Å². The van der Waals surface area contributed by atoms with E-state index in [9.17, 15) is 0 Å². The Bertz CT molecular complexity index is 1780. The number of aromatic amines is 2. The van der Waals surface area contributed by atoms with E-state index in [4.69, 9.17) is 4.98 Å². The molecule has 7 rings (SSSR count). The third-order valence-corrected chi connectivity index (χ3v) is 8.22. The van der Waals surface area contributed by atoms with Gasteiger partial charge in [0.25, 0.3) is 0 Å². The lowest BCUT2D eigenvalue weighted by molar-refractivity contribution is 0.220. The van der Waals surface area contributed by atoms with Crippen molar-refractivity contribution in [1.82, 2.24) is 35.0 Å². The molecule has 5 aromatic heterocycles. The predicted molar refractivity (Wildman–Crippen MR) is 149 cm³/mol. The number of aryl methyl sites for hydroxylation is 1. The molecular formula is C29H26FN7S. The Morgan fingerprint density at radius 1 is 1.00 bits per heavy atom. The highest BCUT2D eigenvalue weighted by molar-refractivity contribution is 7.15. The van der Waals surface area contributed by atoms with E-state index in [1.165, 1.54) is 30.2 Å². The Kier molecular flexibility index (Phi) is 5.74. The van der Waals surface area contributed by atoms with Gasteiger partial charge in [-0.1, -0.05) is 6.42 Å². The number of hydrogen-bond donors (Lipinski definition) is 2. The monoisotopic (exact) mass is 523 g/mol. The summed E-state index contributed by atoms with van der Waals surface area (Å²) in [4.78, 5) is 22.1. The molecular weight excluding hydrogens is 497 g/mol. The molecule has 6 heterocycles. The summed E-state index contributed by atoms with van der Waals surface area (Å²) in [5, 5.41) is 8.29. The highest BCUT2D eigenvalue weighted by atomic mass is 32.1. The van der Waals surface area contributed by atoms with E-state index in [2.05, 4.69) is 49.1 Å². The number of piperidine rings is 1. The highest BCUT2D eigenvalue weighted by Crippen LogP contribution is 2.35. The molecule has 2 N–H and O–H groups in total. The number of nitrogens with zero attached hydrogens (tertiary/aromatic N) is 5. The summed E-state index contributed by atoms with van der Waals surface area (Å²) in [6.45, 7) is 5.12. The average Bonchev–Trinajstić information content (AvgIpc) is 3.66. The minimum atomic E-state index is -0.311. The molecule has 0 unspecified atom stereocenters. The summed E-state index contributed by atoms with van der Waals surface area (Å²) < 4.78 is 15.3. The zero-order valence-electron chi connectivity index (χ0n) is 21.0. The van der Waals surface area contributed by atoms with E-state index in [0.717, 1.165) is 57.8 Å². The minimum Gasteiger partial charge on any atom is -0.336 e. The molecule has 1 saturated heterocycles. The summed E-state index contributed by atoms with van der Waals surface area (Å²) in [5.41, 5.74) is 6.12. The van der Waals surface area contributed by atoms with Crippen LogP contribution in [0.5, 0.6) is 0 Å². The number of imidazole rings is 1. The topological polar surface area (TPSA) is 86.4 Å². The van der Waals surface area contributed by atoms with Gasteiger partial charge in [-0.3, -0.25) is 20.0 Å². The molecule has 1 fully saturated rings. The smallest absolute Gasteiger partial charge is 0.159 e. The van der Waals surface area contributed by atoms with Gasteiger partial charge in [-0.05, 0) is 68.8 Å². The molecule has 0 aliphatic carbocycles. The van der Waals surface area contributed by atoms with Gasteiger partial charge in [-0.2, -0.15) is 5.10 Å². The van der Waals surface area contributed by atoms with Gasteiger partial charge in [0, 0.05) is 52.6 Å². The lowest BCUT2D eigenvalue weighted by atomic mass is 10.0. The van der Waals surface area contributed by atoms with Crippen LogP contribution in [0.3, 0.4) is 0 Å². The Hall–Kier alpha value is -3.95. The Morgan fingerprint density at radius 2 is 1.89 bits per heavy atom. The number of likely N-dealkylation sites (tertiary alicyclic amines) is 1. The van der Waals surface area contributed by atoms with Gasteiger partial charge in [0.05, 0.1) is 15.9 Å². The molecule has 0 atom stereocenters. The molecule has 38 heavy (non-hydrogen) atoms. The van der Waals surface area contributed by atoms with Crippen LogP contribution in [0.1, 0.15) is 29.7 Å². The zero-order chi connectivity index (χ0) is 25.6. The third kappa shape index (κ3) is 4.17. The quantitative estimate of drug-likeness (QED) is 0.262. The largest absolute Gasteiger partial charge is 0.336 e. The second kappa shape index (κ2) is 9.41. The van der Waals surface area contributed by atoms with E-state index < -0.39 is 0 Å². The number of thiophene rings is 1. The van der Waals surface area contributed by atoms with Crippen molar-refractivity contribution in [3.05, 3.63) is 71.2 Å². The second-order valence-corrected chi connectivity index (χ2v) is 11.2. The van der Waals surface area contributed by atoms with E-state index in [-0.39, 0.29) is 5.82 Å². The first-order valence-electron chi connectivity index (χ1n) is 12.9. The van der Waals surface area contributed by atoms with Crippen molar-refractivity contribution < 1.29 is 4.39 Å². The number of pyridine rings is 2. The number of benzene rings is 1. The van der Waals surface area contributed by atoms with E-state index in [1.54, 1.807) is 23.7 Å². The van der Waals surface area contributed by atoms with Crippen LogP contribution in [0, 0.1) is 12.7 Å². The first-order valence-corrected chi connectivity index (χ1v) is 13.7. The maximum atomic E-state index is 15.3. The van der Waals surface area contributed by atoms with E-state index in [0.29, 0.717) is 22.6 Å². The van der Waals surface area contributed by atoms with Crippen molar-refractivity contribution in [3.8, 4) is 33.2 Å². The Morgan fingerprint density at radius 3 is 2.74 bits per heavy atom.